The Labute approximate surface area is 95.0 Å². The lowest BCUT2D eigenvalue weighted by molar-refractivity contribution is 0.402. The van der Waals surface area contributed by atoms with Crippen molar-refractivity contribution in [3.05, 3.63) is 30.9 Å². The largest absolute Gasteiger partial charge is 0.495 e. The smallest absolute Gasteiger partial charge is 0.244 e. The fourth-order valence-electron chi connectivity index (χ4n) is 1.15. The molecule has 0 atom stereocenters. The highest BCUT2D eigenvalue weighted by Crippen LogP contribution is 2.25. The Hall–Kier alpha value is -1.53. The zero-order valence-electron chi connectivity index (χ0n) is 8.93. The quantitative estimate of drug-likeness (QED) is 0.589. The number of nitrogens with two attached hydrogens (primary N) is 1. The van der Waals surface area contributed by atoms with Crippen molar-refractivity contribution in [3.63, 3.8) is 0 Å². The highest BCUT2D eigenvalue weighted by atomic mass is 32.2. The van der Waals surface area contributed by atoms with E-state index in [1.165, 1.54) is 31.4 Å². The highest BCUT2D eigenvalue weighted by molar-refractivity contribution is 7.89. The lowest BCUT2D eigenvalue weighted by Gasteiger charge is -2.10. The van der Waals surface area contributed by atoms with Crippen molar-refractivity contribution in [2.45, 2.75) is 4.90 Å². The van der Waals surface area contributed by atoms with Gasteiger partial charge in [-0.3, -0.25) is 0 Å². The highest BCUT2D eigenvalue weighted by Gasteiger charge is 2.18. The topological polar surface area (TPSA) is 81.4 Å². The second-order valence-electron chi connectivity index (χ2n) is 3.05. The number of nitrogen functional groups attached to an aromatic ring is 1. The van der Waals surface area contributed by atoms with Crippen LogP contribution in [0.5, 0.6) is 5.75 Å². The minimum atomic E-state index is -3.58. The number of ether oxygens (including phenoxy) is 1. The lowest BCUT2D eigenvalue weighted by Crippen LogP contribution is -2.24. The van der Waals surface area contributed by atoms with Crippen molar-refractivity contribution in [2.75, 3.05) is 19.4 Å². The van der Waals surface area contributed by atoms with Gasteiger partial charge in [-0.2, -0.15) is 0 Å². The molecule has 6 heteroatoms. The Morgan fingerprint density at radius 1 is 1.56 bits per heavy atom. The number of hydrogen-bond donors (Lipinski definition) is 2. The first-order chi connectivity index (χ1) is 7.51. The van der Waals surface area contributed by atoms with Gasteiger partial charge in [-0.25, -0.2) is 13.1 Å². The first-order valence-electron chi connectivity index (χ1n) is 4.55. The molecule has 0 amide bonds. The second-order valence-corrected chi connectivity index (χ2v) is 4.79. The summed E-state index contributed by atoms with van der Waals surface area (Å²) >= 11 is 0. The van der Waals surface area contributed by atoms with Crippen LogP contribution in [0.15, 0.2) is 35.7 Å². The summed E-state index contributed by atoms with van der Waals surface area (Å²) in [6.45, 7) is 3.60. The third-order valence-electron chi connectivity index (χ3n) is 1.89. The molecule has 16 heavy (non-hydrogen) atoms. The van der Waals surface area contributed by atoms with Crippen LogP contribution in [0.1, 0.15) is 0 Å². The van der Waals surface area contributed by atoms with E-state index in [0.29, 0.717) is 5.69 Å². The van der Waals surface area contributed by atoms with Gasteiger partial charge in [-0.1, -0.05) is 6.08 Å². The summed E-state index contributed by atoms with van der Waals surface area (Å²) < 4.78 is 30.9. The molecule has 0 saturated heterocycles. The summed E-state index contributed by atoms with van der Waals surface area (Å²) in [5, 5.41) is 0. The molecule has 0 unspecified atom stereocenters. The number of nitrogens with one attached hydrogen (secondary N) is 1. The summed E-state index contributed by atoms with van der Waals surface area (Å²) in [5.74, 6) is 0.219. The Balaban J connectivity index is 3.16. The molecule has 0 saturated carbocycles. The van der Waals surface area contributed by atoms with E-state index in [1.54, 1.807) is 0 Å². The average molecular weight is 242 g/mol. The molecule has 3 N–H and O–H groups in total. The predicted octanol–water partition coefficient (Wildman–Crippen LogP) is 0.742. The Morgan fingerprint density at radius 2 is 2.25 bits per heavy atom. The number of hydrogen-bond acceptors (Lipinski definition) is 4. The van der Waals surface area contributed by atoms with Crippen LogP contribution < -0.4 is 15.2 Å². The minimum absolute atomic E-state index is 0.0612. The van der Waals surface area contributed by atoms with Gasteiger partial charge in [0.1, 0.15) is 10.6 Å². The van der Waals surface area contributed by atoms with Gasteiger partial charge in [0.15, 0.2) is 0 Å². The number of methoxy groups -OCH3 is 1. The van der Waals surface area contributed by atoms with Gasteiger partial charge in [0.05, 0.1) is 7.11 Å². The average Bonchev–Trinajstić information content (AvgIpc) is 2.26. The minimum Gasteiger partial charge on any atom is -0.495 e. The zero-order valence-corrected chi connectivity index (χ0v) is 9.75. The third kappa shape index (κ3) is 2.74. The lowest BCUT2D eigenvalue weighted by atomic mass is 10.3. The van der Waals surface area contributed by atoms with Crippen LogP contribution >= 0.6 is 0 Å². The standard InChI is InChI=1S/C10H14N2O3S/c1-3-6-12-16(13,14)10-5-4-8(11)7-9(10)15-2/h3-5,7,12H,1,6,11H2,2H3. The number of anilines is 1. The summed E-state index contributed by atoms with van der Waals surface area (Å²) in [6, 6.07) is 4.37. The fraction of sp³-hybridized carbons (Fsp3) is 0.200. The molecule has 88 valence electrons. The molecule has 0 aliphatic carbocycles. The number of rotatable bonds is 5. The molecule has 0 spiro atoms. The molecule has 0 radical (unpaired) electrons. The van der Waals surface area contributed by atoms with Crippen molar-refractivity contribution in [1.29, 1.82) is 0 Å². The molecular formula is C10H14N2O3S. The molecule has 0 bridgehead atoms. The first-order valence-corrected chi connectivity index (χ1v) is 6.03. The summed E-state index contributed by atoms with van der Waals surface area (Å²) in [4.78, 5) is 0.0612. The van der Waals surface area contributed by atoms with Gasteiger partial charge in [0.25, 0.3) is 0 Å². The van der Waals surface area contributed by atoms with E-state index in [9.17, 15) is 8.42 Å². The van der Waals surface area contributed by atoms with Crippen molar-refractivity contribution in [3.8, 4) is 5.75 Å². The molecule has 0 fully saturated rings. The van der Waals surface area contributed by atoms with Crippen molar-refractivity contribution < 1.29 is 13.2 Å². The van der Waals surface area contributed by atoms with E-state index in [-0.39, 0.29) is 17.2 Å². The summed E-state index contributed by atoms with van der Waals surface area (Å²) in [7, 11) is -2.19. The van der Waals surface area contributed by atoms with Gasteiger partial charge in [-0.15, -0.1) is 6.58 Å². The van der Waals surface area contributed by atoms with Crippen LogP contribution in [0.4, 0.5) is 5.69 Å². The van der Waals surface area contributed by atoms with Crippen LogP contribution in [0, 0.1) is 0 Å². The van der Waals surface area contributed by atoms with E-state index in [4.69, 9.17) is 10.5 Å². The van der Waals surface area contributed by atoms with Crippen LogP contribution in [0.25, 0.3) is 0 Å². The molecule has 0 heterocycles. The van der Waals surface area contributed by atoms with Crippen LogP contribution in [0.3, 0.4) is 0 Å². The Morgan fingerprint density at radius 3 is 2.81 bits per heavy atom. The number of benzene rings is 1. The molecule has 1 aromatic rings. The maximum Gasteiger partial charge on any atom is 0.244 e. The van der Waals surface area contributed by atoms with E-state index in [2.05, 4.69) is 11.3 Å². The van der Waals surface area contributed by atoms with E-state index < -0.39 is 10.0 Å². The molecule has 1 rings (SSSR count). The number of sulfonamides is 1. The van der Waals surface area contributed by atoms with E-state index in [1.807, 2.05) is 0 Å². The molecular weight excluding hydrogens is 228 g/mol. The zero-order chi connectivity index (χ0) is 12.2. The van der Waals surface area contributed by atoms with Gasteiger partial charge in [-0.05, 0) is 12.1 Å². The van der Waals surface area contributed by atoms with E-state index >= 15 is 0 Å². The SMILES string of the molecule is C=CCNS(=O)(=O)c1ccc(N)cc1OC. The first kappa shape index (κ1) is 12.5. The van der Waals surface area contributed by atoms with Crippen molar-refractivity contribution in [1.82, 2.24) is 4.72 Å². The van der Waals surface area contributed by atoms with Gasteiger partial charge in [0, 0.05) is 18.3 Å². The Bertz CT molecular complexity index is 483. The molecule has 0 aromatic heterocycles. The van der Waals surface area contributed by atoms with Crippen molar-refractivity contribution in [2.24, 2.45) is 0 Å². The van der Waals surface area contributed by atoms with E-state index in [0.717, 1.165) is 0 Å². The maximum absolute atomic E-state index is 11.8. The van der Waals surface area contributed by atoms with Gasteiger partial charge < -0.3 is 10.5 Å². The fourth-order valence-corrected chi connectivity index (χ4v) is 2.30. The molecule has 0 aliphatic rings. The third-order valence-corrected chi connectivity index (χ3v) is 3.36. The monoisotopic (exact) mass is 242 g/mol. The maximum atomic E-state index is 11.8. The summed E-state index contributed by atoms with van der Waals surface area (Å²) in [5.41, 5.74) is 5.98. The van der Waals surface area contributed by atoms with Crippen molar-refractivity contribution >= 4 is 15.7 Å². The molecule has 5 nitrogen and oxygen atoms in total. The molecule has 0 aliphatic heterocycles. The Kier molecular flexibility index (Phi) is 3.92. The van der Waals surface area contributed by atoms with Crippen LogP contribution in [0.2, 0.25) is 0 Å². The van der Waals surface area contributed by atoms with Crippen LogP contribution in [-0.4, -0.2) is 22.1 Å². The second kappa shape index (κ2) is 5.00. The van der Waals surface area contributed by atoms with Gasteiger partial charge >= 0.3 is 0 Å². The van der Waals surface area contributed by atoms with Gasteiger partial charge in [0.2, 0.25) is 10.0 Å². The summed E-state index contributed by atoms with van der Waals surface area (Å²) in [6.07, 6.45) is 1.46. The van der Waals surface area contributed by atoms with Crippen LogP contribution in [-0.2, 0) is 10.0 Å². The molecule has 1 aromatic carbocycles. The normalized spacial score (nSPS) is 11.1. The predicted molar refractivity (Wildman–Crippen MR) is 62.8 cm³/mol.